The Kier molecular flexibility index (Phi) is 5.53. The number of benzene rings is 1. The summed E-state index contributed by atoms with van der Waals surface area (Å²) >= 11 is 0. The lowest BCUT2D eigenvalue weighted by atomic mass is 10.0. The second-order valence-electron chi connectivity index (χ2n) is 6.33. The van der Waals surface area contributed by atoms with E-state index in [9.17, 15) is 0 Å². The number of hydrogen-bond donors (Lipinski definition) is 0. The van der Waals surface area contributed by atoms with E-state index in [2.05, 4.69) is 4.90 Å². The Morgan fingerprint density at radius 1 is 1.21 bits per heavy atom. The first-order valence-electron chi connectivity index (χ1n) is 8.55. The Morgan fingerprint density at radius 3 is 2.71 bits per heavy atom. The maximum absolute atomic E-state index is 5.90. The first-order chi connectivity index (χ1) is 11.7. The molecule has 1 aliphatic rings. The number of nitrogens with zero attached hydrogens (tertiary/aromatic N) is 2. The third-order valence-corrected chi connectivity index (χ3v) is 4.69. The second kappa shape index (κ2) is 7.81. The van der Waals surface area contributed by atoms with Crippen molar-refractivity contribution in [3.05, 3.63) is 35.7 Å². The monoisotopic (exact) mass is 330 g/mol. The van der Waals surface area contributed by atoms with E-state index >= 15 is 0 Å². The van der Waals surface area contributed by atoms with Crippen molar-refractivity contribution in [3.8, 4) is 17.2 Å². The SMILES string of the molecule is COC[C@@H]1CCCCN1Cc1nc(-c2ccc(OC)cc2)oc1C. The number of aryl methyl sites for hydroxylation is 1. The third kappa shape index (κ3) is 3.79. The van der Waals surface area contributed by atoms with Crippen molar-refractivity contribution in [3.63, 3.8) is 0 Å². The quantitative estimate of drug-likeness (QED) is 0.809. The molecule has 0 saturated carbocycles. The fraction of sp³-hybridized carbons (Fsp3) is 0.526. The van der Waals surface area contributed by atoms with Gasteiger partial charge in [0.2, 0.25) is 5.89 Å². The normalized spacial score (nSPS) is 18.7. The summed E-state index contributed by atoms with van der Waals surface area (Å²) in [5, 5.41) is 0. The van der Waals surface area contributed by atoms with Gasteiger partial charge in [-0.05, 0) is 50.6 Å². The summed E-state index contributed by atoms with van der Waals surface area (Å²) in [7, 11) is 3.44. The van der Waals surface area contributed by atoms with Crippen LogP contribution in [-0.2, 0) is 11.3 Å². The molecule has 0 spiro atoms. The molecule has 1 aromatic heterocycles. The van der Waals surface area contributed by atoms with Crippen molar-refractivity contribution in [2.45, 2.75) is 38.8 Å². The summed E-state index contributed by atoms with van der Waals surface area (Å²) in [6.07, 6.45) is 3.71. The van der Waals surface area contributed by atoms with Crippen LogP contribution in [0.3, 0.4) is 0 Å². The smallest absolute Gasteiger partial charge is 0.226 e. The van der Waals surface area contributed by atoms with Gasteiger partial charge in [0.25, 0.3) is 0 Å². The van der Waals surface area contributed by atoms with Crippen LogP contribution >= 0.6 is 0 Å². The number of rotatable bonds is 6. The molecule has 1 saturated heterocycles. The van der Waals surface area contributed by atoms with Crippen molar-refractivity contribution >= 4 is 0 Å². The van der Waals surface area contributed by atoms with Crippen LogP contribution in [0.15, 0.2) is 28.7 Å². The van der Waals surface area contributed by atoms with Crippen LogP contribution in [0.2, 0.25) is 0 Å². The number of likely N-dealkylation sites (tertiary alicyclic amines) is 1. The zero-order valence-corrected chi connectivity index (χ0v) is 14.7. The van der Waals surface area contributed by atoms with Gasteiger partial charge in [-0.15, -0.1) is 0 Å². The highest BCUT2D eigenvalue weighted by molar-refractivity contribution is 5.55. The van der Waals surface area contributed by atoms with E-state index in [0.717, 1.165) is 42.5 Å². The molecule has 2 heterocycles. The van der Waals surface area contributed by atoms with E-state index < -0.39 is 0 Å². The molecule has 1 aliphatic heterocycles. The average Bonchev–Trinajstić information content (AvgIpc) is 2.98. The van der Waals surface area contributed by atoms with Gasteiger partial charge in [-0.2, -0.15) is 0 Å². The Balaban J connectivity index is 1.75. The van der Waals surface area contributed by atoms with Gasteiger partial charge in [-0.3, -0.25) is 4.90 Å². The average molecular weight is 330 g/mol. The molecule has 3 rings (SSSR count). The molecule has 5 nitrogen and oxygen atoms in total. The molecule has 130 valence electrons. The highest BCUT2D eigenvalue weighted by Crippen LogP contribution is 2.26. The van der Waals surface area contributed by atoms with Gasteiger partial charge in [-0.25, -0.2) is 4.98 Å². The zero-order valence-electron chi connectivity index (χ0n) is 14.7. The molecule has 0 aliphatic carbocycles. The maximum atomic E-state index is 5.90. The van der Waals surface area contributed by atoms with Gasteiger partial charge in [0, 0.05) is 25.3 Å². The molecule has 0 bridgehead atoms. The van der Waals surface area contributed by atoms with Crippen molar-refractivity contribution < 1.29 is 13.9 Å². The van der Waals surface area contributed by atoms with Gasteiger partial charge in [0.05, 0.1) is 19.4 Å². The lowest BCUT2D eigenvalue weighted by Gasteiger charge is -2.34. The minimum absolute atomic E-state index is 0.476. The van der Waals surface area contributed by atoms with Gasteiger partial charge in [-0.1, -0.05) is 6.42 Å². The molecule has 2 aromatic rings. The van der Waals surface area contributed by atoms with Gasteiger partial charge < -0.3 is 13.9 Å². The number of oxazole rings is 1. The van der Waals surface area contributed by atoms with Crippen molar-refractivity contribution in [2.75, 3.05) is 27.4 Å². The van der Waals surface area contributed by atoms with Crippen LogP contribution in [0.5, 0.6) is 5.75 Å². The van der Waals surface area contributed by atoms with E-state index in [4.69, 9.17) is 18.9 Å². The predicted molar refractivity (Wildman–Crippen MR) is 93.2 cm³/mol. The summed E-state index contributed by atoms with van der Waals surface area (Å²) in [6.45, 7) is 4.69. The number of hydrogen-bond acceptors (Lipinski definition) is 5. The predicted octanol–water partition coefficient (Wildman–Crippen LogP) is 3.66. The number of piperidine rings is 1. The van der Waals surface area contributed by atoms with E-state index in [1.807, 2.05) is 31.2 Å². The Morgan fingerprint density at radius 2 is 2.00 bits per heavy atom. The molecule has 0 N–H and O–H groups in total. The molecule has 5 heteroatoms. The van der Waals surface area contributed by atoms with Gasteiger partial charge in [0.1, 0.15) is 11.5 Å². The van der Waals surface area contributed by atoms with Crippen LogP contribution in [-0.4, -0.2) is 43.3 Å². The van der Waals surface area contributed by atoms with E-state index in [1.54, 1.807) is 14.2 Å². The molecule has 1 fully saturated rings. The number of ether oxygens (including phenoxy) is 2. The molecule has 0 amide bonds. The van der Waals surface area contributed by atoms with Gasteiger partial charge >= 0.3 is 0 Å². The second-order valence-corrected chi connectivity index (χ2v) is 6.33. The van der Waals surface area contributed by atoms with E-state index in [-0.39, 0.29) is 0 Å². The zero-order chi connectivity index (χ0) is 16.9. The highest BCUT2D eigenvalue weighted by Gasteiger charge is 2.24. The van der Waals surface area contributed by atoms with E-state index in [0.29, 0.717) is 11.9 Å². The van der Waals surface area contributed by atoms with Crippen LogP contribution < -0.4 is 4.74 Å². The largest absolute Gasteiger partial charge is 0.497 e. The molecule has 0 unspecified atom stereocenters. The maximum Gasteiger partial charge on any atom is 0.226 e. The summed E-state index contributed by atoms with van der Waals surface area (Å²) in [5.74, 6) is 2.39. The summed E-state index contributed by atoms with van der Waals surface area (Å²) < 4.78 is 16.5. The standard InChI is InChI=1S/C19H26N2O3/c1-14-18(12-21-11-5-4-6-16(21)13-22-2)20-19(24-14)15-7-9-17(23-3)10-8-15/h7-10,16H,4-6,11-13H2,1-3H3/t16-/m0/s1. The van der Waals surface area contributed by atoms with Gasteiger partial charge in [0.15, 0.2) is 0 Å². The van der Waals surface area contributed by atoms with Crippen molar-refractivity contribution in [1.82, 2.24) is 9.88 Å². The fourth-order valence-corrected chi connectivity index (χ4v) is 3.27. The molecular weight excluding hydrogens is 304 g/mol. The fourth-order valence-electron chi connectivity index (χ4n) is 3.27. The van der Waals surface area contributed by atoms with Crippen LogP contribution in [0, 0.1) is 6.92 Å². The third-order valence-electron chi connectivity index (χ3n) is 4.69. The molecule has 0 radical (unpaired) electrons. The lowest BCUT2D eigenvalue weighted by Crippen LogP contribution is -2.41. The Hall–Kier alpha value is -1.85. The molecule has 1 atom stereocenters. The van der Waals surface area contributed by atoms with Crippen LogP contribution in [0.25, 0.3) is 11.5 Å². The number of methoxy groups -OCH3 is 2. The van der Waals surface area contributed by atoms with E-state index in [1.165, 1.54) is 19.3 Å². The van der Waals surface area contributed by atoms with Crippen LogP contribution in [0.1, 0.15) is 30.7 Å². The number of aromatic nitrogens is 1. The van der Waals surface area contributed by atoms with Crippen LogP contribution in [0.4, 0.5) is 0 Å². The first kappa shape index (κ1) is 17.0. The summed E-state index contributed by atoms with van der Waals surface area (Å²) in [5.41, 5.74) is 1.99. The molecule has 24 heavy (non-hydrogen) atoms. The topological polar surface area (TPSA) is 47.7 Å². The molecule has 1 aromatic carbocycles. The summed E-state index contributed by atoms with van der Waals surface area (Å²) in [4.78, 5) is 7.20. The minimum atomic E-state index is 0.476. The molecular formula is C19H26N2O3. The van der Waals surface area contributed by atoms with Crippen molar-refractivity contribution in [1.29, 1.82) is 0 Å². The summed E-state index contributed by atoms with van der Waals surface area (Å²) in [6, 6.07) is 8.27. The Labute approximate surface area is 143 Å². The van der Waals surface area contributed by atoms with Crippen molar-refractivity contribution in [2.24, 2.45) is 0 Å². The Bertz CT molecular complexity index is 649. The minimum Gasteiger partial charge on any atom is -0.497 e. The first-order valence-corrected chi connectivity index (χ1v) is 8.55. The lowest BCUT2D eigenvalue weighted by molar-refractivity contribution is 0.0590. The highest BCUT2D eigenvalue weighted by atomic mass is 16.5.